The van der Waals surface area contributed by atoms with Crippen molar-refractivity contribution in [3.63, 3.8) is 0 Å². The number of nitrogens with one attached hydrogen (secondary N) is 1. The molecule has 0 aromatic heterocycles. The summed E-state index contributed by atoms with van der Waals surface area (Å²) in [6.07, 6.45) is 8.22. The number of hydrogen-bond donors (Lipinski definition) is 1. The lowest BCUT2D eigenvalue weighted by Crippen LogP contribution is -2.54. The van der Waals surface area contributed by atoms with Crippen LogP contribution in [-0.4, -0.2) is 12.7 Å². The third-order valence-corrected chi connectivity index (χ3v) is 4.58. The molecule has 2 unspecified atom stereocenters. The predicted octanol–water partition coefficient (Wildman–Crippen LogP) is 3.54. The average Bonchev–Trinajstić information content (AvgIpc) is 2.47. The highest BCUT2D eigenvalue weighted by Gasteiger charge is 2.45. The van der Waals surface area contributed by atoms with Gasteiger partial charge in [-0.1, -0.05) is 36.4 Å². The second kappa shape index (κ2) is 5.31. The third kappa shape index (κ3) is 2.11. The van der Waals surface area contributed by atoms with Crippen molar-refractivity contribution in [3.05, 3.63) is 47.5 Å². The number of carbonyl (C=O) groups is 1. The Bertz CT molecular complexity index is 538. The van der Waals surface area contributed by atoms with Crippen molar-refractivity contribution in [3.8, 4) is 0 Å². The van der Waals surface area contributed by atoms with Crippen LogP contribution in [0.5, 0.6) is 0 Å². The summed E-state index contributed by atoms with van der Waals surface area (Å²) in [6, 6.07) is 8.48. The zero-order valence-corrected chi connectivity index (χ0v) is 11.9. The van der Waals surface area contributed by atoms with E-state index >= 15 is 0 Å². The maximum atomic E-state index is 12.0. The standard InChI is InChI=1S/C17H21NO2/c1-2-20-16(19)18-17-12-6-5-8-14(17)11-10-13-7-3-4-9-15(13)17/h3-7,9,14H,2,8,10-12H2,1H3,(H,18,19). The van der Waals surface area contributed by atoms with Crippen LogP contribution in [0.4, 0.5) is 4.79 Å². The fourth-order valence-electron chi connectivity index (χ4n) is 3.66. The number of alkyl carbamates (subject to hydrolysis) is 1. The van der Waals surface area contributed by atoms with Gasteiger partial charge in [0.1, 0.15) is 0 Å². The first-order valence-electron chi connectivity index (χ1n) is 7.44. The van der Waals surface area contributed by atoms with Gasteiger partial charge < -0.3 is 10.1 Å². The van der Waals surface area contributed by atoms with Crippen LogP contribution in [0.25, 0.3) is 0 Å². The number of rotatable bonds is 2. The number of amides is 1. The molecule has 3 heteroatoms. The van der Waals surface area contributed by atoms with Gasteiger partial charge in [-0.15, -0.1) is 0 Å². The molecule has 0 spiro atoms. The Labute approximate surface area is 120 Å². The molecule has 0 aliphatic heterocycles. The van der Waals surface area contributed by atoms with Crippen LogP contribution in [0, 0.1) is 5.92 Å². The van der Waals surface area contributed by atoms with E-state index in [9.17, 15) is 4.79 Å². The van der Waals surface area contributed by atoms with Crippen LogP contribution in [0.2, 0.25) is 0 Å². The Balaban J connectivity index is 2.01. The normalized spacial score (nSPS) is 27.4. The monoisotopic (exact) mass is 271 g/mol. The van der Waals surface area contributed by atoms with Crippen molar-refractivity contribution < 1.29 is 9.53 Å². The first-order valence-corrected chi connectivity index (χ1v) is 7.44. The van der Waals surface area contributed by atoms with E-state index in [2.05, 4.69) is 41.7 Å². The maximum absolute atomic E-state index is 12.0. The minimum atomic E-state index is -0.301. The summed E-state index contributed by atoms with van der Waals surface area (Å²) < 4.78 is 5.13. The van der Waals surface area contributed by atoms with Gasteiger partial charge in [-0.2, -0.15) is 0 Å². The molecule has 0 fully saturated rings. The van der Waals surface area contributed by atoms with Gasteiger partial charge in [0.25, 0.3) is 0 Å². The zero-order valence-electron chi connectivity index (χ0n) is 11.9. The molecule has 0 saturated heterocycles. The Morgan fingerprint density at radius 2 is 2.25 bits per heavy atom. The summed E-state index contributed by atoms with van der Waals surface area (Å²) in [5, 5.41) is 3.18. The molecular weight excluding hydrogens is 250 g/mol. The van der Waals surface area contributed by atoms with Crippen molar-refractivity contribution >= 4 is 6.09 Å². The zero-order chi connectivity index (χ0) is 14.0. The van der Waals surface area contributed by atoms with E-state index in [0.717, 1.165) is 25.7 Å². The Morgan fingerprint density at radius 3 is 3.10 bits per heavy atom. The maximum Gasteiger partial charge on any atom is 0.407 e. The lowest BCUT2D eigenvalue weighted by Gasteiger charge is -2.47. The molecule has 0 heterocycles. The van der Waals surface area contributed by atoms with E-state index in [1.807, 2.05) is 6.92 Å². The van der Waals surface area contributed by atoms with Crippen molar-refractivity contribution in [2.24, 2.45) is 5.92 Å². The minimum Gasteiger partial charge on any atom is -0.450 e. The van der Waals surface area contributed by atoms with Crippen LogP contribution in [0.3, 0.4) is 0 Å². The highest BCUT2D eigenvalue weighted by molar-refractivity contribution is 5.69. The van der Waals surface area contributed by atoms with Gasteiger partial charge in [0, 0.05) is 0 Å². The number of carbonyl (C=O) groups excluding carboxylic acids is 1. The molecule has 20 heavy (non-hydrogen) atoms. The Morgan fingerprint density at radius 1 is 1.40 bits per heavy atom. The van der Waals surface area contributed by atoms with Gasteiger partial charge in [0.05, 0.1) is 12.1 Å². The van der Waals surface area contributed by atoms with Crippen LogP contribution in [0.1, 0.15) is 37.3 Å². The van der Waals surface area contributed by atoms with Gasteiger partial charge in [-0.05, 0) is 49.7 Å². The quantitative estimate of drug-likeness (QED) is 0.835. The van der Waals surface area contributed by atoms with E-state index in [-0.39, 0.29) is 11.6 Å². The van der Waals surface area contributed by atoms with Crippen molar-refractivity contribution in [2.75, 3.05) is 6.61 Å². The SMILES string of the molecule is CCOC(=O)NC12CC=CCC1CCc1ccccc12. The number of aryl methyl sites for hydroxylation is 1. The first kappa shape index (κ1) is 13.2. The molecule has 3 nitrogen and oxygen atoms in total. The number of allylic oxidation sites excluding steroid dienone is 1. The van der Waals surface area contributed by atoms with E-state index in [1.165, 1.54) is 11.1 Å². The molecule has 1 aromatic carbocycles. The van der Waals surface area contributed by atoms with Crippen molar-refractivity contribution in [1.82, 2.24) is 5.32 Å². The second-order valence-electron chi connectivity index (χ2n) is 5.62. The molecule has 1 amide bonds. The van der Waals surface area contributed by atoms with Gasteiger partial charge in [0.15, 0.2) is 0 Å². The molecule has 0 bridgehead atoms. The second-order valence-corrected chi connectivity index (χ2v) is 5.62. The summed E-state index contributed by atoms with van der Waals surface area (Å²) >= 11 is 0. The van der Waals surface area contributed by atoms with Crippen LogP contribution in [0.15, 0.2) is 36.4 Å². The lowest BCUT2D eigenvalue weighted by atomic mass is 9.64. The smallest absolute Gasteiger partial charge is 0.407 e. The summed E-state index contributed by atoms with van der Waals surface area (Å²) in [6.45, 7) is 2.24. The minimum absolute atomic E-state index is 0.282. The highest BCUT2D eigenvalue weighted by Crippen LogP contribution is 2.46. The molecule has 1 aromatic rings. The van der Waals surface area contributed by atoms with Crippen LogP contribution < -0.4 is 5.32 Å². The van der Waals surface area contributed by atoms with Gasteiger partial charge in [0.2, 0.25) is 0 Å². The van der Waals surface area contributed by atoms with Crippen molar-refractivity contribution in [1.29, 1.82) is 0 Å². The van der Waals surface area contributed by atoms with Gasteiger partial charge in [-0.3, -0.25) is 0 Å². The van der Waals surface area contributed by atoms with Gasteiger partial charge in [-0.25, -0.2) is 4.79 Å². The Hall–Kier alpha value is -1.77. The number of ether oxygens (including phenoxy) is 1. The highest BCUT2D eigenvalue weighted by atomic mass is 16.5. The fourth-order valence-corrected chi connectivity index (χ4v) is 3.66. The number of hydrogen-bond acceptors (Lipinski definition) is 2. The lowest BCUT2D eigenvalue weighted by molar-refractivity contribution is 0.113. The predicted molar refractivity (Wildman–Crippen MR) is 78.5 cm³/mol. The molecule has 3 rings (SSSR count). The molecule has 2 aliphatic rings. The number of benzene rings is 1. The summed E-state index contributed by atoms with van der Waals surface area (Å²) in [5.41, 5.74) is 2.35. The number of fused-ring (bicyclic) bond motifs is 3. The molecule has 106 valence electrons. The third-order valence-electron chi connectivity index (χ3n) is 4.58. The van der Waals surface area contributed by atoms with E-state index in [0.29, 0.717) is 12.5 Å². The van der Waals surface area contributed by atoms with E-state index in [4.69, 9.17) is 4.74 Å². The molecule has 0 saturated carbocycles. The molecule has 0 radical (unpaired) electrons. The topological polar surface area (TPSA) is 38.3 Å². The molecule has 2 aliphatic carbocycles. The largest absolute Gasteiger partial charge is 0.450 e. The summed E-state index contributed by atoms with van der Waals surface area (Å²) in [4.78, 5) is 12.0. The van der Waals surface area contributed by atoms with Crippen LogP contribution in [-0.2, 0) is 16.7 Å². The summed E-state index contributed by atoms with van der Waals surface area (Å²) in [7, 11) is 0. The Kier molecular flexibility index (Phi) is 3.51. The van der Waals surface area contributed by atoms with E-state index < -0.39 is 0 Å². The molecule has 1 N–H and O–H groups in total. The van der Waals surface area contributed by atoms with Crippen LogP contribution >= 0.6 is 0 Å². The summed E-state index contributed by atoms with van der Waals surface area (Å²) in [5.74, 6) is 0.465. The van der Waals surface area contributed by atoms with Gasteiger partial charge >= 0.3 is 6.09 Å². The van der Waals surface area contributed by atoms with Crippen molar-refractivity contribution in [2.45, 2.75) is 38.1 Å². The fraction of sp³-hybridized carbons (Fsp3) is 0.471. The molecular formula is C17H21NO2. The first-order chi connectivity index (χ1) is 9.76. The molecule has 2 atom stereocenters. The average molecular weight is 271 g/mol. The van der Waals surface area contributed by atoms with E-state index in [1.54, 1.807) is 0 Å².